The second kappa shape index (κ2) is 7.29. The standard InChI is InChI=1S/C16H25N3O4/c20-14(13-3-1-2-4-13)17-5-7-18(8-6-17)15(21)16(22)19-9-11-23-12-10-19/h13H,1-12H2. The monoisotopic (exact) mass is 323 g/mol. The predicted octanol–water partition coefficient (Wildman–Crippen LogP) is -0.294. The predicted molar refractivity (Wildman–Crippen MR) is 82.5 cm³/mol. The van der Waals surface area contributed by atoms with Gasteiger partial charge in [-0.05, 0) is 12.8 Å². The molecule has 2 heterocycles. The number of carbonyl (C=O) groups is 3. The third kappa shape index (κ3) is 3.65. The van der Waals surface area contributed by atoms with Gasteiger partial charge >= 0.3 is 11.8 Å². The van der Waals surface area contributed by atoms with E-state index in [9.17, 15) is 14.4 Å². The normalized spacial score (nSPS) is 23.2. The molecule has 1 saturated carbocycles. The summed E-state index contributed by atoms with van der Waals surface area (Å²) in [5.74, 6) is -0.481. The minimum Gasteiger partial charge on any atom is -0.378 e. The van der Waals surface area contributed by atoms with E-state index in [0.29, 0.717) is 52.5 Å². The van der Waals surface area contributed by atoms with Crippen molar-refractivity contribution in [2.75, 3.05) is 52.5 Å². The Bertz CT molecular complexity index is 462. The first-order valence-electron chi connectivity index (χ1n) is 8.61. The van der Waals surface area contributed by atoms with Gasteiger partial charge in [0.2, 0.25) is 5.91 Å². The summed E-state index contributed by atoms with van der Waals surface area (Å²) in [5, 5.41) is 0. The van der Waals surface area contributed by atoms with Crippen LogP contribution in [0.15, 0.2) is 0 Å². The zero-order valence-electron chi connectivity index (χ0n) is 13.5. The molecule has 7 heteroatoms. The van der Waals surface area contributed by atoms with E-state index in [0.717, 1.165) is 25.7 Å². The van der Waals surface area contributed by atoms with Crippen molar-refractivity contribution in [3.05, 3.63) is 0 Å². The van der Waals surface area contributed by atoms with E-state index >= 15 is 0 Å². The molecule has 2 aliphatic heterocycles. The van der Waals surface area contributed by atoms with Crippen molar-refractivity contribution in [3.63, 3.8) is 0 Å². The fourth-order valence-electron chi connectivity index (χ4n) is 3.60. The molecular formula is C16H25N3O4. The molecule has 0 aromatic carbocycles. The number of rotatable bonds is 1. The van der Waals surface area contributed by atoms with Gasteiger partial charge in [0.15, 0.2) is 0 Å². The van der Waals surface area contributed by atoms with Gasteiger partial charge in [-0.25, -0.2) is 0 Å². The van der Waals surface area contributed by atoms with E-state index in [2.05, 4.69) is 0 Å². The van der Waals surface area contributed by atoms with E-state index in [1.807, 2.05) is 4.90 Å². The fraction of sp³-hybridized carbons (Fsp3) is 0.812. The van der Waals surface area contributed by atoms with Gasteiger partial charge in [0, 0.05) is 45.2 Å². The van der Waals surface area contributed by atoms with Crippen LogP contribution in [0.2, 0.25) is 0 Å². The van der Waals surface area contributed by atoms with Crippen LogP contribution < -0.4 is 0 Å². The maximum Gasteiger partial charge on any atom is 0.312 e. The van der Waals surface area contributed by atoms with E-state index in [1.165, 1.54) is 0 Å². The third-order valence-electron chi connectivity index (χ3n) is 5.06. The second-order valence-corrected chi connectivity index (χ2v) is 6.50. The lowest BCUT2D eigenvalue weighted by Crippen LogP contribution is -2.56. The highest BCUT2D eigenvalue weighted by Crippen LogP contribution is 2.26. The van der Waals surface area contributed by atoms with Gasteiger partial charge in [0.25, 0.3) is 0 Å². The van der Waals surface area contributed by atoms with Gasteiger partial charge in [-0.3, -0.25) is 14.4 Å². The number of morpholine rings is 1. The van der Waals surface area contributed by atoms with Gasteiger partial charge in [-0.1, -0.05) is 12.8 Å². The molecule has 0 N–H and O–H groups in total. The Hall–Kier alpha value is -1.63. The van der Waals surface area contributed by atoms with Gasteiger partial charge < -0.3 is 19.4 Å². The number of ether oxygens (including phenoxy) is 1. The molecule has 3 rings (SSSR count). The van der Waals surface area contributed by atoms with Crippen molar-refractivity contribution >= 4 is 17.7 Å². The van der Waals surface area contributed by atoms with E-state index in [-0.39, 0.29) is 11.8 Å². The maximum atomic E-state index is 12.4. The first-order valence-corrected chi connectivity index (χ1v) is 8.61. The number of nitrogens with zero attached hydrogens (tertiary/aromatic N) is 3. The summed E-state index contributed by atoms with van der Waals surface area (Å²) in [6, 6.07) is 0. The largest absolute Gasteiger partial charge is 0.378 e. The molecule has 0 bridgehead atoms. The zero-order chi connectivity index (χ0) is 16.2. The Morgan fingerprint density at radius 3 is 1.74 bits per heavy atom. The average molecular weight is 323 g/mol. The minimum atomic E-state index is -0.445. The second-order valence-electron chi connectivity index (χ2n) is 6.50. The lowest BCUT2D eigenvalue weighted by atomic mass is 10.1. The molecule has 0 radical (unpaired) electrons. The van der Waals surface area contributed by atoms with Crippen LogP contribution in [0.5, 0.6) is 0 Å². The summed E-state index contributed by atoms with van der Waals surface area (Å²) in [7, 11) is 0. The summed E-state index contributed by atoms with van der Waals surface area (Å²) in [6.45, 7) is 3.91. The van der Waals surface area contributed by atoms with Crippen molar-refractivity contribution in [2.45, 2.75) is 25.7 Å². The van der Waals surface area contributed by atoms with Crippen LogP contribution in [0.4, 0.5) is 0 Å². The van der Waals surface area contributed by atoms with Gasteiger partial charge in [-0.15, -0.1) is 0 Å². The first kappa shape index (κ1) is 16.2. The molecule has 3 amide bonds. The molecule has 2 saturated heterocycles. The lowest BCUT2D eigenvalue weighted by Gasteiger charge is -2.36. The number of hydrogen-bond acceptors (Lipinski definition) is 4. The SMILES string of the molecule is O=C(C(=O)N1CCN(C(=O)C2CCCC2)CC1)N1CCOCC1. The van der Waals surface area contributed by atoms with Crippen LogP contribution in [0.25, 0.3) is 0 Å². The van der Waals surface area contributed by atoms with Crippen LogP contribution in [0, 0.1) is 5.92 Å². The fourth-order valence-corrected chi connectivity index (χ4v) is 3.60. The van der Waals surface area contributed by atoms with Crippen LogP contribution in [-0.4, -0.2) is 84.9 Å². The Labute approximate surface area is 136 Å². The van der Waals surface area contributed by atoms with E-state index < -0.39 is 11.8 Å². The van der Waals surface area contributed by atoms with Crippen molar-refractivity contribution in [3.8, 4) is 0 Å². The topological polar surface area (TPSA) is 70.2 Å². The molecule has 0 spiro atoms. The highest BCUT2D eigenvalue weighted by atomic mass is 16.5. The highest BCUT2D eigenvalue weighted by molar-refractivity contribution is 6.34. The Kier molecular flexibility index (Phi) is 5.15. The summed E-state index contributed by atoms with van der Waals surface area (Å²) < 4.78 is 5.20. The molecule has 1 aliphatic carbocycles. The molecule has 23 heavy (non-hydrogen) atoms. The molecule has 7 nitrogen and oxygen atoms in total. The van der Waals surface area contributed by atoms with Crippen LogP contribution in [0.3, 0.4) is 0 Å². The Balaban J connectivity index is 1.48. The lowest BCUT2D eigenvalue weighted by molar-refractivity contribution is -0.156. The van der Waals surface area contributed by atoms with Gasteiger partial charge in [0.1, 0.15) is 0 Å². The maximum absolute atomic E-state index is 12.4. The van der Waals surface area contributed by atoms with E-state index in [1.54, 1.807) is 9.80 Å². The third-order valence-corrected chi connectivity index (χ3v) is 5.06. The Morgan fingerprint density at radius 1 is 0.696 bits per heavy atom. The Morgan fingerprint density at radius 2 is 1.17 bits per heavy atom. The van der Waals surface area contributed by atoms with Crippen molar-refractivity contribution in [1.29, 1.82) is 0 Å². The van der Waals surface area contributed by atoms with Gasteiger partial charge in [-0.2, -0.15) is 0 Å². The van der Waals surface area contributed by atoms with Crippen LogP contribution in [0.1, 0.15) is 25.7 Å². The first-order chi connectivity index (χ1) is 11.2. The quantitative estimate of drug-likeness (QED) is 0.622. The van der Waals surface area contributed by atoms with Crippen molar-refractivity contribution in [2.24, 2.45) is 5.92 Å². The molecule has 0 unspecified atom stereocenters. The summed E-state index contributed by atoms with van der Waals surface area (Å²) in [4.78, 5) is 41.9. The number of amides is 3. The highest BCUT2D eigenvalue weighted by Gasteiger charge is 2.33. The van der Waals surface area contributed by atoms with Crippen LogP contribution in [-0.2, 0) is 19.1 Å². The number of carbonyl (C=O) groups excluding carboxylic acids is 3. The molecule has 128 valence electrons. The summed E-state index contributed by atoms with van der Waals surface area (Å²) in [5.41, 5.74) is 0. The molecule has 3 fully saturated rings. The van der Waals surface area contributed by atoms with Crippen molar-refractivity contribution < 1.29 is 19.1 Å². The minimum absolute atomic E-state index is 0.173. The van der Waals surface area contributed by atoms with Crippen molar-refractivity contribution in [1.82, 2.24) is 14.7 Å². The average Bonchev–Trinajstić information content (AvgIpc) is 3.15. The molecular weight excluding hydrogens is 298 g/mol. The van der Waals surface area contributed by atoms with Gasteiger partial charge in [0.05, 0.1) is 13.2 Å². The smallest absolute Gasteiger partial charge is 0.312 e. The molecule has 0 aromatic heterocycles. The van der Waals surface area contributed by atoms with Crippen LogP contribution >= 0.6 is 0 Å². The molecule has 3 aliphatic rings. The number of piperazine rings is 1. The number of hydrogen-bond donors (Lipinski definition) is 0. The zero-order valence-corrected chi connectivity index (χ0v) is 13.5. The molecule has 0 aromatic rings. The molecule has 0 atom stereocenters. The van der Waals surface area contributed by atoms with E-state index in [4.69, 9.17) is 4.74 Å². The summed E-state index contributed by atoms with van der Waals surface area (Å²) >= 11 is 0. The summed E-state index contributed by atoms with van der Waals surface area (Å²) in [6.07, 6.45) is 4.27.